The molecule has 0 saturated carbocycles. The number of esters is 1. The molecule has 0 rings (SSSR count). The number of ether oxygens (including phenoxy) is 1. The monoisotopic (exact) mass is 421 g/mol. The van der Waals surface area contributed by atoms with Gasteiger partial charge in [0.15, 0.2) is 5.78 Å². The number of rotatable bonds is 20. The van der Waals surface area contributed by atoms with Crippen LogP contribution in [0.4, 0.5) is 0 Å². The molecule has 0 heterocycles. The third kappa shape index (κ3) is 22.4. The minimum Gasteiger partial charge on any atom is -0.461 e. The topological polar surface area (TPSA) is 72.5 Å². The van der Waals surface area contributed by atoms with Crippen molar-refractivity contribution in [3.63, 3.8) is 0 Å². The molecule has 0 aromatic heterocycles. The van der Waals surface area contributed by atoms with Crippen molar-refractivity contribution in [2.75, 3.05) is 13.2 Å². The lowest BCUT2D eigenvalue weighted by Crippen LogP contribution is -2.27. The van der Waals surface area contributed by atoms with Gasteiger partial charge in [-0.15, -0.1) is 0 Å². The predicted molar refractivity (Wildman–Crippen MR) is 123 cm³/mol. The van der Waals surface area contributed by atoms with Crippen LogP contribution in [0.2, 0.25) is 0 Å². The molecule has 0 saturated heterocycles. The Hall–Kier alpha value is -1.91. The fraction of sp³-hybridized carbons (Fsp3) is 0.720. The summed E-state index contributed by atoms with van der Waals surface area (Å²) >= 11 is 0. The third-order valence-corrected chi connectivity index (χ3v) is 4.79. The summed E-state index contributed by atoms with van der Waals surface area (Å²) in [6.45, 7) is 4.02. The molecule has 5 nitrogen and oxygen atoms in total. The van der Waals surface area contributed by atoms with E-state index in [-0.39, 0.29) is 18.3 Å². The van der Waals surface area contributed by atoms with E-state index in [0.717, 1.165) is 31.4 Å². The second-order valence-electron chi connectivity index (χ2n) is 7.80. The minimum absolute atomic E-state index is 0.0112. The first-order valence-electron chi connectivity index (χ1n) is 11.8. The highest BCUT2D eigenvalue weighted by Gasteiger charge is 2.02. The van der Waals surface area contributed by atoms with Crippen LogP contribution in [0.15, 0.2) is 24.3 Å². The lowest BCUT2D eigenvalue weighted by molar-refractivity contribution is -0.138. The zero-order chi connectivity index (χ0) is 22.3. The van der Waals surface area contributed by atoms with Crippen LogP contribution >= 0.6 is 0 Å². The summed E-state index contributed by atoms with van der Waals surface area (Å²) in [7, 11) is 0. The van der Waals surface area contributed by atoms with Crippen molar-refractivity contribution in [1.82, 2.24) is 5.32 Å². The van der Waals surface area contributed by atoms with Gasteiger partial charge in [0.1, 0.15) is 6.61 Å². The predicted octanol–water partition coefficient (Wildman–Crippen LogP) is 5.83. The van der Waals surface area contributed by atoms with Gasteiger partial charge in [0.05, 0.1) is 6.54 Å². The van der Waals surface area contributed by atoms with E-state index in [1.54, 1.807) is 0 Å². The molecule has 0 aliphatic rings. The van der Waals surface area contributed by atoms with E-state index < -0.39 is 5.97 Å². The Bertz CT molecular complexity index is 511. The lowest BCUT2D eigenvalue weighted by Gasteiger charge is -2.05. The standard InChI is InChI=1S/C25H43NO4/c1-3-4-5-6-7-8-9-10-11-12-13-14-15-16-17-18-24(28)26-21-22-30-25(29)20-19-23(2)27/h10-11,19-20H,3-9,12-18,21-22H2,1-2H3,(H,26,28)/b11-10-,20-19?. The van der Waals surface area contributed by atoms with Gasteiger partial charge in [-0.1, -0.05) is 70.4 Å². The highest BCUT2D eigenvalue weighted by Crippen LogP contribution is 2.09. The lowest BCUT2D eigenvalue weighted by atomic mass is 10.1. The van der Waals surface area contributed by atoms with Gasteiger partial charge in [0.2, 0.25) is 5.91 Å². The van der Waals surface area contributed by atoms with Gasteiger partial charge in [-0.2, -0.15) is 0 Å². The second-order valence-corrected chi connectivity index (χ2v) is 7.80. The maximum Gasteiger partial charge on any atom is 0.330 e. The molecule has 0 radical (unpaired) electrons. The van der Waals surface area contributed by atoms with Gasteiger partial charge in [-0.05, 0) is 45.1 Å². The van der Waals surface area contributed by atoms with E-state index in [4.69, 9.17) is 4.74 Å². The Kier molecular flexibility index (Phi) is 20.4. The number of nitrogens with one attached hydrogen (secondary N) is 1. The van der Waals surface area contributed by atoms with Crippen LogP contribution in [0.25, 0.3) is 0 Å². The Balaban J connectivity index is 3.36. The molecule has 0 aromatic carbocycles. The van der Waals surface area contributed by atoms with Crippen molar-refractivity contribution < 1.29 is 19.1 Å². The number of carbonyl (C=O) groups is 3. The zero-order valence-electron chi connectivity index (χ0n) is 19.3. The van der Waals surface area contributed by atoms with Crippen LogP contribution in [0.5, 0.6) is 0 Å². The molecule has 1 amide bonds. The van der Waals surface area contributed by atoms with E-state index in [1.807, 2.05) is 0 Å². The SMILES string of the molecule is CCCCCCCC/C=C\CCCCCCCC(=O)NCCOC(=O)C=CC(C)=O. The summed E-state index contributed by atoms with van der Waals surface area (Å²) in [5.74, 6) is -0.792. The summed E-state index contributed by atoms with van der Waals surface area (Å²) in [5.41, 5.74) is 0. The number of hydrogen-bond acceptors (Lipinski definition) is 4. The Labute approximate surface area is 183 Å². The molecule has 0 bridgehead atoms. The summed E-state index contributed by atoms with van der Waals surface area (Å²) < 4.78 is 4.88. The molecule has 1 N–H and O–H groups in total. The number of amides is 1. The molecule has 5 heteroatoms. The zero-order valence-corrected chi connectivity index (χ0v) is 19.3. The van der Waals surface area contributed by atoms with Crippen molar-refractivity contribution in [2.24, 2.45) is 0 Å². The Morgan fingerprint density at radius 2 is 1.33 bits per heavy atom. The first-order chi connectivity index (χ1) is 14.6. The maximum absolute atomic E-state index is 11.7. The smallest absolute Gasteiger partial charge is 0.330 e. The fourth-order valence-corrected chi connectivity index (χ4v) is 3.02. The quantitative estimate of drug-likeness (QED) is 0.116. The molecule has 0 spiro atoms. The van der Waals surface area contributed by atoms with Crippen LogP contribution in [0.1, 0.15) is 104 Å². The average molecular weight is 422 g/mol. The van der Waals surface area contributed by atoms with E-state index in [9.17, 15) is 14.4 Å². The van der Waals surface area contributed by atoms with Gasteiger partial charge in [0.25, 0.3) is 0 Å². The van der Waals surface area contributed by atoms with Gasteiger partial charge in [-0.3, -0.25) is 9.59 Å². The van der Waals surface area contributed by atoms with Gasteiger partial charge in [0, 0.05) is 12.5 Å². The van der Waals surface area contributed by atoms with Crippen molar-refractivity contribution in [1.29, 1.82) is 0 Å². The Morgan fingerprint density at radius 1 is 0.767 bits per heavy atom. The van der Waals surface area contributed by atoms with Crippen molar-refractivity contribution in [2.45, 2.75) is 104 Å². The second kappa shape index (κ2) is 21.8. The van der Waals surface area contributed by atoms with Crippen molar-refractivity contribution in [3.05, 3.63) is 24.3 Å². The van der Waals surface area contributed by atoms with Crippen LogP contribution < -0.4 is 5.32 Å². The summed E-state index contributed by atoms with van der Waals surface area (Å²) in [4.78, 5) is 33.7. The Morgan fingerprint density at radius 3 is 1.93 bits per heavy atom. The van der Waals surface area contributed by atoms with Crippen molar-refractivity contribution >= 4 is 17.7 Å². The molecule has 0 aliphatic carbocycles. The van der Waals surface area contributed by atoms with Crippen LogP contribution in [0, 0.1) is 0 Å². The largest absolute Gasteiger partial charge is 0.461 e. The summed E-state index contributed by atoms with van der Waals surface area (Å²) in [6.07, 6.45) is 23.5. The van der Waals surface area contributed by atoms with Crippen LogP contribution in [-0.2, 0) is 19.1 Å². The molecule has 0 aromatic rings. The summed E-state index contributed by atoms with van der Waals surface area (Å²) in [6, 6.07) is 0. The highest BCUT2D eigenvalue weighted by atomic mass is 16.5. The van der Waals surface area contributed by atoms with Crippen LogP contribution in [0.3, 0.4) is 0 Å². The first-order valence-corrected chi connectivity index (χ1v) is 11.8. The summed E-state index contributed by atoms with van der Waals surface area (Å²) in [5, 5.41) is 2.74. The number of hydrogen-bond donors (Lipinski definition) is 1. The fourth-order valence-electron chi connectivity index (χ4n) is 3.02. The molecule has 0 unspecified atom stereocenters. The number of unbranched alkanes of at least 4 members (excludes halogenated alkanes) is 11. The molecular weight excluding hydrogens is 378 g/mol. The molecule has 0 aliphatic heterocycles. The molecule has 172 valence electrons. The third-order valence-electron chi connectivity index (χ3n) is 4.79. The maximum atomic E-state index is 11.7. The molecule has 30 heavy (non-hydrogen) atoms. The van der Waals surface area contributed by atoms with E-state index in [0.29, 0.717) is 13.0 Å². The van der Waals surface area contributed by atoms with E-state index in [2.05, 4.69) is 24.4 Å². The van der Waals surface area contributed by atoms with Crippen LogP contribution in [-0.4, -0.2) is 30.8 Å². The number of allylic oxidation sites excluding steroid dienone is 3. The first kappa shape index (κ1) is 28.1. The van der Waals surface area contributed by atoms with E-state index in [1.165, 1.54) is 71.1 Å². The normalized spacial score (nSPS) is 11.3. The average Bonchev–Trinajstić information content (AvgIpc) is 2.72. The van der Waals surface area contributed by atoms with E-state index >= 15 is 0 Å². The van der Waals surface area contributed by atoms with Gasteiger partial charge >= 0.3 is 5.97 Å². The van der Waals surface area contributed by atoms with Gasteiger partial charge in [-0.25, -0.2) is 4.79 Å². The molecular formula is C25H43NO4. The van der Waals surface area contributed by atoms with Crippen molar-refractivity contribution in [3.8, 4) is 0 Å². The highest BCUT2D eigenvalue weighted by molar-refractivity contribution is 5.94. The number of carbonyl (C=O) groups excluding carboxylic acids is 3. The molecule has 0 fully saturated rings. The minimum atomic E-state index is -0.572. The van der Waals surface area contributed by atoms with Gasteiger partial charge < -0.3 is 10.1 Å². The number of ketones is 1. The molecule has 0 atom stereocenters.